The van der Waals surface area contributed by atoms with Crippen LogP contribution in [0.1, 0.15) is 16.1 Å². The van der Waals surface area contributed by atoms with E-state index in [1.54, 1.807) is 48.5 Å². The van der Waals surface area contributed by atoms with Crippen molar-refractivity contribution in [3.05, 3.63) is 83.8 Å². The lowest BCUT2D eigenvalue weighted by atomic mass is 10.1. The highest BCUT2D eigenvalue weighted by atomic mass is 19.1. The van der Waals surface area contributed by atoms with Gasteiger partial charge in [0.05, 0.1) is 0 Å². The van der Waals surface area contributed by atoms with Crippen molar-refractivity contribution in [2.75, 3.05) is 5.73 Å². The fourth-order valence-electron chi connectivity index (χ4n) is 2.69. The summed E-state index contributed by atoms with van der Waals surface area (Å²) in [5.74, 6) is -0.271. The predicted octanol–water partition coefficient (Wildman–Crippen LogP) is 3.35. The van der Waals surface area contributed by atoms with Crippen molar-refractivity contribution in [3.63, 3.8) is 0 Å². The van der Waals surface area contributed by atoms with E-state index in [0.29, 0.717) is 22.5 Å². The van der Waals surface area contributed by atoms with Crippen molar-refractivity contribution in [3.8, 4) is 11.3 Å². The molecule has 0 atom stereocenters. The highest BCUT2D eigenvalue weighted by Crippen LogP contribution is 2.26. The molecule has 0 amide bonds. The van der Waals surface area contributed by atoms with E-state index in [4.69, 9.17) is 5.73 Å². The molecule has 5 nitrogen and oxygen atoms in total. The van der Waals surface area contributed by atoms with Gasteiger partial charge in [0.15, 0.2) is 11.5 Å². The van der Waals surface area contributed by atoms with E-state index in [1.165, 1.54) is 16.6 Å². The van der Waals surface area contributed by atoms with Gasteiger partial charge in [-0.3, -0.25) is 4.79 Å². The van der Waals surface area contributed by atoms with Crippen LogP contribution in [-0.2, 0) is 0 Å². The number of carbonyl (C=O) groups excluding carboxylic acids is 1. The number of fused-ring (bicyclic) bond motifs is 1. The number of rotatable bonds is 3. The first kappa shape index (κ1) is 15.0. The van der Waals surface area contributed by atoms with Gasteiger partial charge in [0, 0.05) is 11.1 Å². The molecule has 25 heavy (non-hydrogen) atoms. The summed E-state index contributed by atoms with van der Waals surface area (Å²) in [6.07, 6.45) is 0. The molecule has 0 aliphatic heterocycles. The maximum atomic E-state index is 13.2. The zero-order valence-electron chi connectivity index (χ0n) is 13.1. The molecular formula is C19H13FN4O. The average Bonchev–Trinajstić information content (AvgIpc) is 2.97. The SMILES string of the molecule is Nc1nc2ccc(C(=O)c3ccccc3)nn2c1-c1ccc(F)cc1. The molecule has 0 aliphatic rings. The van der Waals surface area contributed by atoms with E-state index >= 15 is 0 Å². The Bertz CT molecular complexity index is 1070. The van der Waals surface area contributed by atoms with Crippen molar-refractivity contribution in [1.82, 2.24) is 14.6 Å². The van der Waals surface area contributed by atoms with Crippen molar-refractivity contribution < 1.29 is 9.18 Å². The molecule has 4 aromatic rings. The number of anilines is 1. The van der Waals surface area contributed by atoms with Crippen LogP contribution in [0.4, 0.5) is 10.2 Å². The third kappa shape index (κ3) is 2.63. The molecule has 122 valence electrons. The quantitative estimate of drug-likeness (QED) is 0.584. The number of nitrogens with two attached hydrogens (primary N) is 1. The summed E-state index contributed by atoms with van der Waals surface area (Å²) in [5.41, 5.74) is 8.54. The van der Waals surface area contributed by atoms with Crippen LogP contribution < -0.4 is 5.73 Å². The van der Waals surface area contributed by atoms with Gasteiger partial charge in [0.25, 0.3) is 0 Å². The number of halogens is 1. The Kier molecular flexibility index (Phi) is 3.50. The highest BCUT2D eigenvalue weighted by molar-refractivity contribution is 6.07. The predicted molar refractivity (Wildman–Crippen MR) is 92.7 cm³/mol. The Morgan fingerprint density at radius 1 is 0.960 bits per heavy atom. The molecule has 2 heterocycles. The largest absolute Gasteiger partial charge is 0.382 e. The maximum Gasteiger partial charge on any atom is 0.213 e. The van der Waals surface area contributed by atoms with Crippen LogP contribution in [0.5, 0.6) is 0 Å². The number of nitrogen functional groups attached to an aromatic ring is 1. The smallest absolute Gasteiger partial charge is 0.213 e. The minimum absolute atomic E-state index is 0.195. The van der Waals surface area contributed by atoms with Gasteiger partial charge in [-0.1, -0.05) is 30.3 Å². The molecule has 0 radical (unpaired) electrons. The van der Waals surface area contributed by atoms with E-state index in [1.807, 2.05) is 6.07 Å². The van der Waals surface area contributed by atoms with Crippen molar-refractivity contribution in [2.45, 2.75) is 0 Å². The van der Waals surface area contributed by atoms with Crippen LogP contribution in [0.25, 0.3) is 16.9 Å². The number of carbonyl (C=O) groups is 1. The van der Waals surface area contributed by atoms with Gasteiger partial charge in [-0.15, -0.1) is 0 Å². The van der Waals surface area contributed by atoms with E-state index in [2.05, 4.69) is 10.1 Å². The molecule has 0 fully saturated rings. The number of ketones is 1. The van der Waals surface area contributed by atoms with E-state index in [0.717, 1.165) is 0 Å². The third-order valence-corrected chi connectivity index (χ3v) is 3.89. The number of benzene rings is 2. The molecule has 6 heteroatoms. The zero-order valence-corrected chi connectivity index (χ0v) is 13.1. The molecule has 0 bridgehead atoms. The van der Waals surface area contributed by atoms with E-state index in [-0.39, 0.29) is 23.1 Å². The van der Waals surface area contributed by atoms with Crippen LogP contribution in [0, 0.1) is 5.82 Å². The molecule has 2 aromatic carbocycles. The molecule has 4 rings (SSSR count). The van der Waals surface area contributed by atoms with E-state index in [9.17, 15) is 9.18 Å². The first-order valence-corrected chi connectivity index (χ1v) is 7.64. The van der Waals surface area contributed by atoms with Gasteiger partial charge in [-0.2, -0.15) is 5.10 Å². The van der Waals surface area contributed by atoms with Crippen LogP contribution >= 0.6 is 0 Å². The first-order valence-electron chi connectivity index (χ1n) is 7.64. The Labute approximate surface area is 142 Å². The Morgan fingerprint density at radius 2 is 1.68 bits per heavy atom. The Balaban J connectivity index is 1.86. The normalized spacial score (nSPS) is 10.9. The lowest BCUT2D eigenvalue weighted by molar-refractivity contribution is 0.103. The summed E-state index contributed by atoms with van der Waals surface area (Å²) >= 11 is 0. The molecular weight excluding hydrogens is 319 g/mol. The van der Waals surface area contributed by atoms with Crippen molar-refractivity contribution in [2.24, 2.45) is 0 Å². The standard InChI is InChI=1S/C19H13FN4O/c20-14-8-6-12(7-9-14)17-19(21)22-16-11-10-15(23-24(16)17)18(25)13-4-2-1-3-5-13/h1-11H,21H2. The summed E-state index contributed by atoms with van der Waals surface area (Å²) in [7, 11) is 0. The maximum absolute atomic E-state index is 13.2. The Morgan fingerprint density at radius 3 is 2.40 bits per heavy atom. The number of imidazole rings is 1. The van der Waals surface area contributed by atoms with Gasteiger partial charge in [-0.05, 0) is 36.4 Å². The van der Waals surface area contributed by atoms with Crippen LogP contribution in [0.3, 0.4) is 0 Å². The van der Waals surface area contributed by atoms with Crippen LogP contribution in [0.2, 0.25) is 0 Å². The molecule has 2 aromatic heterocycles. The number of hydrogen-bond acceptors (Lipinski definition) is 4. The number of nitrogens with zero attached hydrogens (tertiary/aromatic N) is 3. The Hall–Kier alpha value is -3.54. The van der Waals surface area contributed by atoms with Crippen LogP contribution in [0.15, 0.2) is 66.7 Å². The summed E-state index contributed by atoms with van der Waals surface area (Å²) in [6.45, 7) is 0. The third-order valence-electron chi connectivity index (χ3n) is 3.89. The molecule has 2 N–H and O–H groups in total. The molecule has 0 saturated heterocycles. The van der Waals surface area contributed by atoms with Crippen molar-refractivity contribution >= 4 is 17.2 Å². The monoisotopic (exact) mass is 332 g/mol. The molecule has 0 unspecified atom stereocenters. The second-order valence-corrected chi connectivity index (χ2v) is 5.54. The molecule has 0 saturated carbocycles. The van der Waals surface area contributed by atoms with Gasteiger partial charge < -0.3 is 5.73 Å². The van der Waals surface area contributed by atoms with Gasteiger partial charge in [0.2, 0.25) is 5.78 Å². The van der Waals surface area contributed by atoms with Gasteiger partial charge >= 0.3 is 0 Å². The summed E-state index contributed by atoms with van der Waals surface area (Å²) in [4.78, 5) is 16.9. The fourth-order valence-corrected chi connectivity index (χ4v) is 2.69. The average molecular weight is 332 g/mol. The minimum atomic E-state index is -0.343. The second-order valence-electron chi connectivity index (χ2n) is 5.54. The minimum Gasteiger partial charge on any atom is -0.382 e. The van der Waals surface area contributed by atoms with Crippen molar-refractivity contribution in [1.29, 1.82) is 0 Å². The lowest BCUT2D eigenvalue weighted by Gasteiger charge is -2.05. The molecule has 0 spiro atoms. The lowest BCUT2D eigenvalue weighted by Crippen LogP contribution is -2.08. The van der Waals surface area contributed by atoms with Gasteiger partial charge in [0.1, 0.15) is 17.2 Å². The second kappa shape index (κ2) is 5.83. The first-order chi connectivity index (χ1) is 12.1. The topological polar surface area (TPSA) is 73.3 Å². The summed E-state index contributed by atoms with van der Waals surface area (Å²) < 4.78 is 14.7. The zero-order chi connectivity index (χ0) is 17.4. The highest BCUT2D eigenvalue weighted by Gasteiger charge is 2.16. The summed E-state index contributed by atoms with van der Waals surface area (Å²) in [6, 6.07) is 18.1. The van der Waals surface area contributed by atoms with Gasteiger partial charge in [-0.25, -0.2) is 13.9 Å². The number of hydrogen-bond donors (Lipinski definition) is 1. The fraction of sp³-hybridized carbons (Fsp3) is 0. The summed E-state index contributed by atoms with van der Waals surface area (Å²) in [5, 5.41) is 4.40. The molecule has 0 aliphatic carbocycles. The van der Waals surface area contributed by atoms with E-state index < -0.39 is 0 Å². The van der Waals surface area contributed by atoms with Crippen LogP contribution in [-0.4, -0.2) is 20.4 Å². The number of aromatic nitrogens is 3.